The second-order valence-corrected chi connectivity index (χ2v) is 10.9. The van der Waals surface area contributed by atoms with Gasteiger partial charge >= 0.3 is 7.12 Å². The van der Waals surface area contributed by atoms with Crippen LogP contribution in [0.3, 0.4) is 0 Å². The summed E-state index contributed by atoms with van der Waals surface area (Å²) in [5.41, 5.74) is 4.00. The van der Waals surface area contributed by atoms with Gasteiger partial charge in [-0.1, -0.05) is 64.2 Å². The average Bonchev–Trinajstić information content (AvgIpc) is 3.01. The minimum Gasteiger partial charge on any atom is -0.423 e. The molecule has 0 saturated heterocycles. The van der Waals surface area contributed by atoms with Crippen LogP contribution in [-0.4, -0.2) is 41.9 Å². The Morgan fingerprint density at radius 1 is 0.574 bits per heavy atom. The van der Waals surface area contributed by atoms with E-state index in [1.165, 1.54) is 49.1 Å². The van der Waals surface area contributed by atoms with E-state index in [9.17, 15) is 30.3 Å². The lowest BCUT2D eigenvalue weighted by molar-refractivity contribution is -0.384. The summed E-state index contributed by atoms with van der Waals surface area (Å²) in [7, 11) is -1.81. The Labute approximate surface area is 278 Å². The van der Waals surface area contributed by atoms with Crippen LogP contribution in [0.25, 0.3) is 22.3 Å². The van der Waals surface area contributed by atoms with E-state index in [1.807, 2.05) is 13.8 Å². The first-order valence-electron chi connectivity index (χ1n) is 13.5. The van der Waals surface area contributed by atoms with Crippen molar-refractivity contribution in [1.29, 1.82) is 0 Å². The summed E-state index contributed by atoms with van der Waals surface area (Å²) in [6, 6.07) is 17.2. The molecule has 5 aromatic rings. The smallest absolute Gasteiger partial charge is 0.423 e. The molecule has 0 saturated carbocycles. The lowest BCUT2D eigenvalue weighted by Crippen LogP contribution is -2.32. The van der Waals surface area contributed by atoms with Crippen molar-refractivity contribution in [3.8, 4) is 22.3 Å². The number of aryl methyl sites for hydroxylation is 3. The molecule has 0 fully saturated rings. The summed E-state index contributed by atoms with van der Waals surface area (Å²) < 4.78 is 0. The molecule has 0 aliphatic heterocycles. The van der Waals surface area contributed by atoms with Crippen molar-refractivity contribution < 1.29 is 24.8 Å². The van der Waals surface area contributed by atoms with Crippen molar-refractivity contribution in [2.75, 3.05) is 0 Å². The summed E-state index contributed by atoms with van der Waals surface area (Å²) in [6.07, 6.45) is 6.11. The Morgan fingerprint density at radius 3 is 1.32 bits per heavy atom. The molecule has 0 unspecified atom stereocenters. The Kier molecular flexibility index (Phi) is 12.6. The first-order valence-corrected chi connectivity index (χ1v) is 14.3. The molecule has 0 aliphatic rings. The zero-order valence-corrected chi connectivity index (χ0v) is 26.6. The zero-order chi connectivity index (χ0) is 34.8. The normalized spacial score (nSPS) is 10.1. The predicted molar refractivity (Wildman–Crippen MR) is 180 cm³/mol. The van der Waals surface area contributed by atoms with Crippen LogP contribution in [-0.2, 0) is 0 Å². The fourth-order valence-electron chi connectivity index (χ4n) is 4.25. The molecule has 5 rings (SSSR count). The summed E-state index contributed by atoms with van der Waals surface area (Å²) >= 11 is 11.0. The Bertz CT molecular complexity index is 1850. The number of hydrogen-bond donors (Lipinski definition) is 2. The summed E-state index contributed by atoms with van der Waals surface area (Å²) in [5, 5.41) is 51.9. The molecule has 240 valence electrons. The Morgan fingerprint density at radius 2 is 0.957 bits per heavy atom. The lowest BCUT2D eigenvalue weighted by atomic mass is 9.78. The van der Waals surface area contributed by atoms with Gasteiger partial charge in [-0.15, -0.1) is 0 Å². The molecule has 0 bridgehead atoms. The highest BCUT2D eigenvalue weighted by Gasteiger charge is 2.23. The number of halogens is 2. The Hall–Kier alpha value is -5.28. The number of benzene rings is 3. The average molecular weight is 678 g/mol. The summed E-state index contributed by atoms with van der Waals surface area (Å²) in [5.74, 6) is 0. The molecule has 16 heteroatoms. The Balaban J connectivity index is 0.000000235. The predicted octanol–water partition coefficient (Wildman–Crippen LogP) is 6.82. The van der Waals surface area contributed by atoms with Crippen LogP contribution in [0, 0.1) is 51.1 Å². The van der Waals surface area contributed by atoms with Gasteiger partial charge in [0.05, 0.1) is 41.4 Å². The third-order valence-electron chi connectivity index (χ3n) is 6.39. The summed E-state index contributed by atoms with van der Waals surface area (Å²) in [6.45, 7) is 5.40. The van der Waals surface area contributed by atoms with E-state index in [4.69, 9.17) is 33.2 Å². The van der Waals surface area contributed by atoms with Crippen molar-refractivity contribution >= 4 is 52.8 Å². The van der Waals surface area contributed by atoms with Crippen LogP contribution in [0.2, 0.25) is 10.0 Å². The summed E-state index contributed by atoms with van der Waals surface area (Å²) in [4.78, 5) is 39.4. The largest absolute Gasteiger partial charge is 0.495 e. The highest BCUT2D eigenvalue weighted by atomic mass is 35.5. The van der Waals surface area contributed by atoms with Crippen molar-refractivity contribution in [3.63, 3.8) is 0 Å². The maximum absolute atomic E-state index is 11.3. The van der Waals surface area contributed by atoms with Crippen LogP contribution in [0.15, 0.2) is 91.5 Å². The number of aromatic nitrogens is 2. The van der Waals surface area contributed by atoms with E-state index < -0.39 is 21.9 Å². The van der Waals surface area contributed by atoms with E-state index >= 15 is 0 Å². The second kappa shape index (κ2) is 16.3. The highest BCUT2D eigenvalue weighted by molar-refractivity contribution is 6.60. The number of nitro groups is 3. The number of nitrogens with zero attached hydrogens (tertiary/aromatic N) is 5. The molecule has 2 N–H and O–H groups in total. The molecular weight excluding hydrogens is 652 g/mol. The van der Waals surface area contributed by atoms with Gasteiger partial charge in [0, 0.05) is 54.1 Å². The molecule has 0 aliphatic carbocycles. The van der Waals surface area contributed by atoms with Gasteiger partial charge in [0.15, 0.2) is 0 Å². The molecule has 0 atom stereocenters. The van der Waals surface area contributed by atoms with E-state index in [1.54, 1.807) is 49.4 Å². The van der Waals surface area contributed by atoms with Gasteiger partial charge in [0.2, 0.25) is 0 Å². The van der Waals surface area contributed by atoms with Gasteiger partial charge in [-0.3, -0.25) is 40.3 Å². The monoisotopic (exact) mass is 677 g/mol. The standard InChI is InChI=1S/C19H15N3O4.C7H8BNO4.C5H3Cl2N/c1-12-3-5-18(21(23)24)16(7-12)14-9-15(11-20-10-14)17-8-13(2)4-6-19(17)22(25)26;1-5-2-3-7(9(12)13)6(4-5)8(10)11;6-4-1-5(7)3-8-2-4/h3-11H,1-2H3;2-4,10-11H,1H3;1-3H. The second-order valence-electron chi connectivity index (χ2n) is 10.0. The van der Waals surface area contributed by atoms with Crippen LogP contribution in [0.4, 0.5) is 17.1 Å². The number of nitro benzene ring substituents is 3. The number of hydrogen-bond acceptors (Lipinski definition) is 10. The van der Waals surface area contributed by atoms with Crippen LogP contribution >= 0.6 is 23.2 Å². The van der Waals surface area contributed by atoms with Gasteiger partial charge in [-0.2, -0.15) is 0 Å². The maximum Gasteiger partial charge on any atom is 0.495 e. The number of rotatable bonds is 6. The third-order valence-corrected chi connectivity index (χ3v) is 6.80. The fraction of sp³-hybridized carbons (Fsp3) is 0.0968. The van der Waals surface area contributed by atoms with Gasteiger partial charge in [-0.25, -0.2) is 0 Å². The first kappa shape index (κ1) is 36.2. The van der Waals surface area contributed by atoms with E-state index in [0.29, 0.717) is 32.3 Å². The molecule has 0 radical (unpaired) electrons. The van der Waals surface area contributed by atoms with Crippen LogP contribution < -0.4 is 5.46 Å². The lowest BCUT2D eigenvalue weighted by Gasteiger charge is -2.08. The molecule has 0 amide bonds. The van der Waals surface area contributed by atoms with E-state index in [2.05, 4.69) is 9.97 Å². The van der Waals surface area contributed by atoms with Gasteiger partial charge in [0.25, 0.3) is 17.1 Å². The zero-order valence-electron chi connectivity index (χ0n) is 25.1. The van der Waals surface area contributed by atoms with Crippen molar-refractivity contribution in [1.82, 2.24) is 9.97 Å². The highest BCUT2D eigenvalue weighted by Crippen LogP contribution is 2.35. The fourth-order valence-corrected chi connectivity index (χ4v) is 4.65. The first-order chi connectivity index (χ1) is 22.2. The number of pyridine rings is 2. The molecular formula is C31H26BCl2N5O8. The van der Waals surface area contributed by atoms with E-state index in [0.717, 1.165) is 16.7 Å². The van der Waals surface area contributed by atoms with Gasteiger partial charge in [-0.05, 0) is 45.0 Å². The quantitative estimate of drug-likeness (QED) is 0.109. The molecule has 2 heterocycles. The SMILES string of the molecule is Cc1ccc([N+](=O)[O-])c(-c2cncc(-c3cc(C)ccc3[N+](=O)[O-])c2)c1.Cc1ccc([N+](=O)[O-])c(B(O)O)c1.Clc1cncc(Cl)c1. The van der Waals surface area contributed by atoms with Crippen LogP contribution in [0.1, 0.15) is 16.7 Å². The topological polar surface area (TPSA) is 196 Å². The van der Waals surface area contributed by atoms with Gasteiger partial charge in [0.1, 0.15) is 0 Å². The molecule has 2 aromatic heterocycles. The molecule has 13 nitrogen and oxygen atoms in total. The van der Waals surface area contributed by atoms with Crippen molar-refractivity contribution in [2.24, 2.45) is 0 Å². The molecule has 0 spiro atoms. The minimum absolute atomic E-state index is 0.0340. The van der Waals surface area contributed by atoms with Crippen LogP contribution in [0.5, 0.6) is 0 Å². The molecule has 47 heavy (non-hydrogen) atoms. The van der Waals surface area contributed by atoms with Crippen molar-refractivity contribution in [3.05, 3.63) is 149 Å². The van der Waals surface area contributed by atoms with Gasteiger partial charge < -0.3 is 10.0 Å². The minimum atomic E-state index is -1.81. The van der Waals surface area contributed by atoms with E-state index in [-0.39, 0.29) is 22.5 Å². The molecule has 3 aromatic carbocycles. The van der Waals surface area contributed by atoms with Crippen molar-refractivity contribution in [2.45, 2.75) is 20.8 Å². The third kappa shape index (κ3) is 10.1. The maximum atomic E-state index is 11.3.